The molecule has 0 bridgehead atoms. The zero-order chi connectivity index (χ0) is 15.7. The van der Waals surface area contributed by atoms with Gasteiger partial charge in [0.2, 0.25) is 0 Å². The first kappa shape index (κ1) is 14.8. The molecule has 1 saturated heterocycles. The molecule has 2 aromatic rings. The fraction of sp³-hybridized carbons (Fsp3) is 0.429. The number of rotatable bonds is 4. The third-order valence-corrected chi connectivity index (χ3v) is 3.55. The van der Waals surface area contributed by atoms with Crippen molar-refractivity contribution in [3.8, 4) is 5.75 Å². The third-order valence-electron chi connectivity index (χ3n) is 3.55. The molecule has 2 aromatic heterocycles. The van der Waals surface area contributed by atoms with E-state index in [4.69, 9.17) is 4.74 Å². The molecule has 1 aliphatic rings. The molecule has 0 atom stereocenters. The van der Waals surface area contributed by atoms with Crippen LogP contribution in [0.2, 0.25) is 0 Å². The molecular weight excluding hydrogens is 297 g/mol. The van der Waals surface area contributed by atoms with E-state index in [1.807, 2.05) is 11.6 Å². The Hall–Kier alpha value is -2.09. The van der Waals surface area contributed by atoms with Crippen molar-refractivity contribution in [1.29, 1.82) is 0 Å². The van der Waals surface area contributed by atoms with Crippen molar-refractivity contribution < 1.29 is 17.9 Å². The van der Waals surface area contributed by atoms with E-state index in [1.54, 1.807) is 12.5 Å². The van der Waals surface area contributed by atoms with Gasteiger partial charge in [-0.2, -0.15) is 13.2 Å². The highest BCUT2D eigenvalue weighted by Gasteiger charge is 2.34. The fourth-order valence-corrected chi connectivity index (χ4v) is 2.32. The van der Waals surface area contributed by atoms with Crippen LogP contribution < -0.4 is 4.74 Å². The van der Waals surface area contributed by atoms with Crippen molar-refractivity contribution in [3.05, 3.63) is 42.2 Å². The maximum atomic E-state index is 12.6. The molecule has 0 saturated carbocycles. The van der Waals surface area contributed by atoms with Gasteiger partial charge in [0.25, 0.3) is 0 Å². The van der Waals surface area contributed by atoms with Crippen molar-refractivity contribution >= 4 is 0 Å². The predicted molar refractivity (Wildman–Crippen MR) is 72.1 cm³/mol. The van der Waals surface area contributed by atoms with Crippen molar-refractivity contribution in [2.24, 2.45) is 7.05 Å². The van der Waals surface area contributed by atoms with Gasteiger partial charge in [0, 0.05) is 45.1 Å². The molecule has 118 valence electrons. The van der Waals surface area contributed by atoms with E-state index in [1.165, 1.54) is 6.07 Å². The number of nitrogens with zero attached hydrogens (tertiary/aromatic N) is 4. The Morgan fingerprint density at radius 2 is 2.14 bits per heavy atom. The average Bonchev–Trinajstić information content (AvgIpc) is 2.81. The lowest BCUT2D eigenvalue weighted by Gasteiger charge is -2.38. The number of halogens is 3. The summed E-state index contributed by atoms with van der Waals surface area (Å²) in [4.78, 5) is 9.50. The standard InChI is InChI=1S/C14H15F3N4O/c1-20-9-18-5-10(20)6-21-7-12(8-21)22-11-2-3-19-13(4-11)14(15,16)17/h2-5,9,12H,6-8H2,1H3. The summed E-state index contributed by atoms with van der Waals surface area (Å²) < 4.78 is 45.2. The minimum atomic E-state index is -4.45. The molecule has 0 unspecified atom stereocenters. The number of aromatic nitrogens is 3. The zero-order valence-electron chi connectivity index (χ0n) is 11.9. The van der Waals surface area contributed by atoms with Crippen LogP contribution in [0.5, 0.6) is 5.75 Å². The van der Waals surface area contributed by atoms with Gasteiger partial charge in [-0.25, -0.2) is 4.98 Å². The molecule has 3 heterocycles. The summed E-state index contributed by atoms with van der Waals surface area (Å²) in [6.45, 7) is 2.10. The quantitative estimate of drug-likeness (QED) is 0.867. The molecule has 1 fully saturated rings. The number of likely N-dealkylation sites (tertiary alicyclic amines) is 1. The molecular formula is C14H15F3N4O. The molecule has 5 nitrogen and oxygen atoms in total. The molecule has 8 heteroatoms. The highest BCUT2D eigenvalue weighted by molar-refractivity contribution is 5.24. The fourth-order valence-electron chi connectivity index (χ4n) is 2.32. The average molecular weight is 312 g/mol. The Balaban J connectivity index is 1.53. The summed E-state index contributed by atoms with van der Waals surface area (Å²) in [5, 5.41) is 0. The van der Waals surface area contributed by atoms with Gasteiger partial charge in [0.05, 0.1) is 12.0 Å². The topological polar surface area (TPSA) is 43.2 Å². The first-order chi connectivity index (χ1) is 10.4. The molecule has 0 spiro atoms. The summed E-state index contributed by atoms with van der Waals surface area (Å²) in [6, 6.07) is 2.38. The predicted octanol–water partition coefficient (Wildman–Crippen LogP) is 2.10. The number of ether oxygens (including phenoxy) is 1. The normalized spacial score (nSPS) is 16.5. The first-order valence-electron chi connectivity index (χ1n) is 6.79. The molecule has 0 aliphatic carbocycles. The summed E-state index contributed by atoms with van der Waals surface area (Å²) in [5.41, 5.74) is 0.151. The maximum Gasteiger partial charge on any atom is 0.433 e. The lowest BCUT2D eigenvalue weighted by molar-refractivity contribution is -0.141. The number of hydrogen-bond donors (Lipinski definition) is 0. The number of imidazole rings is 1. The van der Waals surface area contributed by atoms with Crippen LogP contribution in [0.15, 0.2) is 30.9 Å². The van der Waals surface area contributed by atoms with Crippen LogP contribution in [0.4, 0.5) is 13.2 Å². The second kappa shape index (κ2) is 5.60. The lowest BCUT2D eigenvalue weighted by Crippen LogP contribution is -2.53. The highest BCUT2D eigenvalue weighted by atomic mass is 19.4. The zero-order valence-corrected chi connectivity index (χ0v) is 11.9. The van der Waals surface area contributed by atoms with Gasteiger partial charge in [-0.3, -0.25) is 9.88 Å². The van der Waals surface area contributed by atoms with Gasteiger partial charge in [0.1, 0.15) is 17.5 Å². The molecule has 22 heavy (non-hydrogen) atoms. The Morgan fingerprint density at radius 3 is 2.77 bits per heavy atom. The molecule has 0 radical (unpaired) electrons. The van der Waals surface area contributed by atoms with Crippen LogP contribution in [-0.4, -0.2) is 38.6 Å². The van der Waals surface area contributed by atoms with Crippen molar-refractivity contribution in [2.45, 2.75) is 18.8 Å². The van der Waals surface area contributed by atoms with E-state index in [9.17, 15) is 13.2 Å². The van der Waals surface area contributed by atoms with Gasteiger partial charge < -0.3 is 9.30 Å². The maximum absolute atomic E-state index is 12.6. The van der Waals surface area contributed by atoms with Gasteiger partial charge in [-0.15, -0.1) is 0 Å². The van der Waals surface area contributed by atoms with Crippen molar-refractivity contribution in [3.63, 3.8) is 0 Å². The van der Waals surface area contributed by atoms with E-state index in [-0.39, 0.29) is 11.9 Å². The van der Waals surface area contributed by atoms with Crippen LogP contribution in [0.1, 0.15) is 11.4 Å². The molecule has 0 aromatic carbocycles. The lowest BCUT2D eigenvalue weighted by atomic mass is 10.1. The van der Waals surface area contributed by atoms with E-state index in [0.717, 1.165) is 24.5 Å². The SMILES string of the molecule is Cn1cncc1CN1CC(Oc2ccnc(C(F)(F)F)c2)C1. The Bertz CT molecular complexity index is 650. The highest BCUT2D eigenvalue weighted by Crippen LogP contribution is 2.30. The minimum Gasteiger partial charge on any atom is -0.488 e. The van der Waals surface area contributed by atoms with E-state index >= 15 is 0 Å². The Kier molecular flexibility index (Phi) is 3.78. The second-order valence-electron chi connectivity index (χ2n) is 5.30. The molecule has 3 rings (SSSR count). The molecule has 0 amide bonds. The molecule has 0 N–H and O–H groups in total. The van der Waals surface area contributed by atoms with Gasteiger partial charge >= 0.3 is 6.18 Å². The van der Waals surface area contributed by atoms with Crippen LogP contribution in [-0.2, 0) is 19.8 Å². The smallest absolute Gasteiger partial charge is 0.433 e. The molecule has 1 aliphatic heterocycles. The monoisotopic (exact) mass is 312 g/mol. The Labute approximate surface area is 125 Å². The number of alkyl halides is 3. The number of pyridine rings is 1. The second-order valence-corrected chi connectivity index (χ2v) is 5.30. The van der Waals surface area contributed by atoms with Crippen LogP contribution >= 0.6 is 0 Å². The van der Waals surface area contributed by atoms with Gasteiger partial charge in [-0.1, -0.05) is 0 Å². The largest absolute Gasteiger partial charge is 0.488 e. The first-order valence-corrected chi connectivity index (χ1v) is 6.79. The van der Waals surface area contributed by atoms with E-state index in [0.29, 0.717) is 13.1 Å². The minimum absolute atomic E-state index is 0.100. The van der Waals surface area contributed by atoms with Crippen molar-refractivity contribution in [1.82, 2.24) is 19.4 Å². The number of aryl methyl sites for hydroxylation is 1. The van der Waals surface area contributed by atoms with Crippen LogP contribution in [0, 0.1) is 0 Å². The van der Waals surface area contributed by atoms with E-state index in [2.05, 4.69) is 14.9 Å². The Morgan fingerprint density at radius 1 is 1.36 bits per heavy atom. The van der Waals surface area contributed by atoms with Crippen molar-refractivity contribution in [2.75, 3.05) is 13.1 Å². The van der Waals surface area contributed by atoms with Gasteiger partial charge in [-0.05, 0) is 6.07 Å². The summed E-state index contributed by atoms with van der Waals surface area (Å²) >= 11 is 0. The van der Waals surface area contributed by atoms with E-state index < -0.39 is 11.9 Å². The summed E-state index contributed by atoms with van der Waals surface area (Å²) in [5.74, 6) is 0.201. The number of hydrogen-bond acceptors (Lipinski definition) is 4. The summed E-state index contributed by atoms with van der Waals surface area (Å²) in [7, 11) is 1.92. The van der Waals surface area contributed by atoms with Gasteiger partial charge in [0.15, 0.2) is 0 Å². The third kappa shape index (κ3) is 3.22. The van der Waals surface area contributed by atoms with Crippen LogP contribution in [0.3, 0.4) is 0 Å². The van der Waals surface area contributed by atoms with Crippen LogP contribution in [0.25, 0.3) is 0 Å². The summed E-state index contributed by atoms with van der Waals surface area (Å²) in [6.07, 6.45) is 0.0943.